The van der Waals surface area contributed by atoms with Crippen LogP contribution in [-0.4, -0.2) is 61.0 Å². The lowest BCUT2D eigenvalue weighted by Gasteiger charge is -2.52. The molecule has 4 aromatic rings. The first kappa shape index (κ1) is 33.8. The maximum atomic E-state index is 14.2. The number of ether oxygens (including phenoxy) is 3. The number of rotatable bonds is 8. The fraction of sp³-hybridized carbons (Fsp3) is 0.405. The van der Waals surface area contributed by atoms with Crippen LogP contribution in [0.15, 0.2) is 68.0 Å². The number of fused-ring (bicyclic) bond motifs is 5. The number of benzene rings is 2. The highest BCUT2D eigenvalue weighted by Crippen LogP contribution is 2.60. The number of phenols is 1. The minimum Gasteiger partial charge on any atom is -0.504 e. The summed E-state index contributed by atoms with van der Waals surface area (Å²) in [5, 5.41) is 10.5. The third-order valence-corrected chi connectivity index (χ3v) is 10.9. The van der Waals surface area contributed by atoms with Crippen molar-refractivity contribution in [1.29, 1.82) is 0 Å². The van der Waals surface area contributed by atoms with E-state index in [-0.39, 0.29) is 60.2 Å². The molecular formula is C37H39N5O9. The molecule has 266 valence electrons. The van der Waals surface area contributed by atoms with E-state index >= 15 is 0 Å². The number of methoxy groups -OCH3 is 2. The van der Waals surface area contributed by atoms with Crippen LogP contribution in [0.4, 0.5) is 0 Å². The van der Waals surface area contributed by atoms with Crippen LogP contribution in [0.25, 0.3) is 11.0 Å². The molecule has 0 saturated heterocycles. The standard InChI is InChI=1S/C37H39N5O9/c1-7-51-28-15-20(8-9-27(28)43)32-21-10-13-41-35(47)40(36(48)42(41)25(21)16-22-33(45)19(2)14-31(44)37(22,32)3)12-11-23-34(46)39(4)26-18-30(50-6)29(49-5)17-24(26)38-23/h8-10,14-15,17-18,22,25,32,43H,7,11-13,16H2,1-6H3. The minimum absolute atomic E-state index is 0.00488. The Morgan fingerprint density at radius 2 is 1.73 bits per heavy atom. The van der Waals surface area contributed by atoms with E-state index in [4.69, 9.17) is 14.2 Å². The number of Topliss-reactive ketones (excluding diaryl/α,β-unsaturated/α-hetero) is 1. The molecule has 0 radical (unpaired) electrons. The van der Waals surface area contributed by atoms with Crippen LogP contribution in [0.3, 0.4) is 0 Å². The summed E-state index contributed by atoms with van der Waals surface area (Å²) in [7, 11) is 4.61. The van der Waals surface area contributed by atoms with Crippen LogP contribution in [0.5, 0.6) is 23.0 Å². The van der Waals surface area contributed by atoms with Gasteiger partial charge in [-0.25, -0.2) is 28.5 Å². The molecule has 14 nitrogen and oxygen atoms in total. The number of allylic oxidation sites excluding steroid dienone is 4. The monoisotopic (exact) mass is 697 g/mol. The second-order valence-corrected chi connectivity index (χ2v) is 13.5. The van der Waals surface area contributed by atoms with Crippen molar-refractivity contribution >= 4 is 22.6 Å². The van der Waals surface area contributed by atoms with Gasteiger partial charge >= 0.3 is 11.4 Å². The van der Waals surface area contributed by atoms with Crippen molar-refractivity contribution < 1.29 is 28.9 Å². The van der Waals surface area contributed by atoms with Gasteiger partial charge < -0.3 is 23.9 Å². The fourth-order valence-corrected chi connectivity index (χ4v) is 8.23. The molecule has 4 unspecified atom stereocenters. The summed E-state index contributed by atoms with van der Waals surface area (Å²) in [5.41, 5.74) is 0.153. The average molecular weight is 698 g/mol. The molecule has 2 aromatic carbocycles. The zero-order valence-electron chi connectivity index (χ0n) is 29.3. The number of hydrogen-bond donors (Lipinski definition) is 1. The van der Waals surface area contributed by atoms with E-state index in [0.29, 0.717) is 40.3 Å². The zero-order chi connectivity index (χ0) is 36.5. The second kappa shape index (κ2) is 12.3. The van der Waals surface area contributed by atoms with Crippen molar-refractivity contribution in [2.45, 2.75) is 58.7 Å². The third kappa shape index (κ3) is 4.98. The van der Waals surface area contributed by atoms with E-state index < -0.39 is 34.7 Å². The lowest BCUT2D eigenvalue weighted by Crippen LogP contribution is -2.54. The third-order valence-electron chi connectivity index (χ3n) is 10.9. The Labute approximate surface area is 291 Å². The molecule has 3 heterocycles. The van der Waals surface area contributed by atoms with Gasteiger partial charge in [0.2, 0.25) is 0 Å². The predicted molar refractivity (Wildman–Crippen MR) is 186 cm³/mol. The molecule has 1 fully saturated rings. The Morgan fingerprint density at radius 1 is 1.00 bits per heavy atom. The van der Waals surface area contributed by atoms with Crippen LogP contribution in [0.1, 0.15) is 50.4 Å². The highest BCUT2D eigenvalue weighted by molar-refractivity contribution is 6.13. The van der Waals surface area contributed by atoms with Gasteiger partial charge in [-0.2, -0.15) is 0 Å². The highest BCUT2D eigenvalue weighted by Gasteiger charge is 2.59. The zero-order valence-corrected chi connectivity index (χ0v) is 29.3. The number of ketones is 2. The Balaban J connectivity index is 1.30. The number of carbonyl (C=O) groups excluding carboxylic acids is 2. The largest absolute Gasteiger partial charge is 0.504 e. The summed E-state index contributed by atoms with van der Waals surface area (Å²) < 4.78 is 21.7. The molecule has 0 spiro atoms. The molecule has 2 aliphatic carbocycles. The fourth-order valence-electron chi connectivity index (χ4n) is 8.23. The van der Waals surface area contributed by atoms with Crippen molar-refractivity contribution in [1.82, 2.24) is 23.5 Å². The van der Waals surface area contributed by atoms with Crippen LogP contribution in [-0.2, 0) is 36.1 Å². The quantitative estimate of drug-likeness (QED) is 0.271. The normalized spacial score (nSPS) is 22.5. The maximum Gasteiger partial charge on any atom is 0.347 e. The Bertz CT molecular complexity index is 2390. The highest BCUT2D eigenvalue weighted by atomic mass is 16.5. The Hall–Kier alpha value is -5.66. The van der Waals surface area contributed by atoms with Crippen LogP contribution < -0.4 is 31.1 Å². The topological polar surface area (TPSA) is 166 Å². The minimum atomic E-state index is -1.19. The summed E-state index contributed by atoms with van der Waals surface area (Å²) in [6.45, 7) is 5.42. The van der Waals surface area contributed by atoms with Gasteiger partial charge in [-0.1, -0.05) is 19.1 Å². The molecular weight excluding hydrogens is 658 g/mol. The molecule has 14 heteroatoms. The summed E-state index contributed by atoms with van der Waals surface area (Å²) in [6, 6.07) is 7.49. The second-order valence-electron chi connectivity index (χ2n) is 13.5. The molecule has 1 saturated carbocycles. The summed E-state index contributed by atoms with van der Waals surface area (Å²) in [5.74, 6) is -0.792. The van der Waals surface area contributed by atoms with Gasteiger partial charge in [0.1, 0.15) is 5.69 Å². The van der Waals surface area contributed by atoms with Gasteiger partial charge in [0, 0.05) is 44.0 Å². The maximum absolute atomic E-state index is 14.2. The molecule has 0 amide bonds. The molecule has 4 atom stereocenters. The van der Waals surface area contributed by atoms with Crippen molar-refractivity contribution in [2.75, 3.05) is 20.8 Å². The number of aromatic hydroxyl groups is 1. The molecule has 1 N–H and O–H groups in total. The number of aryl methyl sites for hydroxylation is 2. The van der Waals surface area contributed by atoms with Crippen molar-refractivity contribution in [3.8, 4) is 23.0 Å². The van der Waals surface area contributed by atoms with Gasteiger partial charge in [-0.3, -0.25) is 14.4 Å². The molecule has 1 aliphatic heterocycles. The molecule has 3 aliphatic rings. The van der Waals surface area contributed by atoms with E-state index in [2.05, 4.69) is 4.98 Å². The van der Waals surface area contributed by atoms with E-state index in [0.717, 1.165) is 10.1 Å². The molecule has 51 heavy (non-hydrogen) atoms. The number of nitrogens with zero attached hydrogens (tertiary/aromatic N) is 5. The van der Waals surface area contributed by atoms with Crippen LogP contribution in [0, 0.1) is 11.3 Å². The lowest BCUT2D eigenvalue weighted by atomic mass is 9.51. The first-order chi connectivity index (χ1) is 24.3. The van der Waals surface area contributed by atoms with Gasteiger partial charge in [0.15, 0.2) is 34.6 Å². The van der Waals surface area contributed by atoms with E-state index in [1.54, 1.807) is 52.1 Å². The average Bonchev–Trinajstić information content (AvgIpc) is 3.36. The van der Waals surface area contributed by atoms with Gasteiger partial charge in [0.25, 0.3) is 5.56 Å². The number of aromatic nitrogens is 5. The van der Waals surface area contributed by atoms with Crippen LogP contribution >= 0.6 is 0 Å². The van der Waals surface area contributed by atoms with Gasteiger partial charge in [-0.15, -0.1) is 0 Å². The van der Waals surface area contributed by atoms with Gasteiger partial charge in [-0.05, 0) is 55.2 Å². The van der Waals surface area contributed by atoms with Crippen LogP contribution in [0.2, 0.25) is 0 Å². The summed E-state index contributed by atoms with van der Waals surface area (Å²) in [4.78, 5) is 73.8. The Kier molecular flexibility index (Phi) is 8.15. The smallest absolute Gasteiger partial charge is 0.347 e. The van der Waals surface area contributed by atoms with E-state index in [1.807, 2.05) is 6.08 Å². The van der Waals surface area contributed by atoms with Crippen molar-refractivity contribution in [2.24, 2.45) is 18.4 Å². The summed E-state index contributed by atoms with van der Waals surface area (Å²) >= 11 is 0. The SMILES string of the molecule is CCOc1cc(C2C3=CCn4c(=O)n(CCc5nc6cc(OC)c(OC)cc6n(C)c5=O)c(=O)n4C3CC3C(=O)C(C)=CC(=O)C32C)ccc1O. The van der Waals surface area contributed by atoms with Crippen molar-refractivity contribution in [3.05, 3.63) is 96.2 Å². The predicted octanol–water partition coefficient (Wildman–Crippen LogP) is 2.81. The van der Waals surface area contributed by atoms with Gasteiger partial charge in [0.05, 0.1) is 49.9 Å². The number of phenolic OH excluding ortho intramolecular Hbond substituents is 1. The number of hydrogen-bond acceptors (Lipinski definition) is 10. The van der Waals surface area contributed by atoms with Crippen molar-refractivity contribution in [3.63, 3.8) is 0 Å². The Morgan fingerprint density at radius 3 is 2.43 bits per heavy atom. The first-order valence-electron chi connectivity index (χ1n) is 16.8. The molecule has 0 bridgehead atoms. The summed E-state index contributed by atoms with van der Waals surface area (Å²) in [6.07, 6.45) is 3.39. The van der Waals surface area contributed by atoms with E-state index in [9.17, 15) is 29.1 Å². The molecule has 7 rings (SSSR count). The molecule has 2 aromatic heterocycles. The lowest BCUT2D eigenvalue weighted by molar-refractivity contribution is -0.139. The number of carbonyl (C=O) groups is 2. The van der Waals surface area contributed by atoms with E-state index in [1.165, 1.54) is 40.3 Å². The first-order valence-corrected chi connectivity index (χ1v) is 16.8.